The maximum Gasteiger partial charge on any atom is 0.409 e. The molecular weight excluding hydrogens is 260 g/mol. The van der Waals surface area contributed by atoms with Gasteiger partial charge in [0, 0.05) is 32.0 Å². The Hall–Kier alpha value is -1.30. The minimum atomic E-state index is -0.743. The van der Waals surface area contributed by atoms with Crippen molar-refractivity contribution in [3.05, 3.63) is 0 Å². The third-order valence-corrected chi connectivity index (χ3v) is 3.95. The van der Waals surface area contributed by atoms with Gasteiger partial charge in [0.15, 0.2) is 0 Å². The number of carbonyl (C=O) groups is 2. The van der Waals surface area contributed by atoms with Crippen molar-refractivity contribution in [3.8, 4) is 0 Å². The first-order chi connectivity index (χ1) is 9.57. The van der Waals surface area contributed by atoms with Crippen molar-refractivity contribution in [2.45, 2.75) is 51.2 Å². The van der Waals surface area contributed by atoms with Crippen LogP contribution in [0.5, 0.6) is 0 Å². The van der Waals surface area contributed by atoms with Crippen LogP contribution in [0, 0.1) is 0 Å². The van der Waals surface area contributed by atoms with Gasteiger partial charge in [-0.2, -0.15) is 0 Å². The molecule has 20 heavy (non-hydrogen) atoms. The quantitative estimate of drug-likeness (QED) is 0.793. The van der Waals surface area contributed by atoms with E-state index in [2.05, 4.69) is 12.2 Å². The second-order valence-corrected chi connectivity index (χ2v) is 5.63. The normalized spacial score (nSPS) is 25.4. The molecule has 0 aromatic heterocycles. The lowest BCUT2D eigenvalue weighted by molar-refractivity contribution is -0.165. The fourth-order valence-electron chi connectivity index (χ4n) is 2.56. The van der Waals surface area contributed by atoms with E-state index >= 15 is 0 Å². The number of piperidine rings is 1. The van der Waals surface area contributed by atoms with E-state index in [9.17, 15) is 9.59 Å². The zero-order valence-electron chi connectivity index (χ0n) is 12.3. The minimum Gasteiger partial charge on any atom is -0.449 e. The second kappa shape index (κ2) is 6.43. The molecular formula is C14H24N2O4. The van der Waals surface area contributed by atoms with E-state index in [4.69, 9.17) is 9.47 Å². The van der Waals surface area contributed by atoms with Crippen LogP contribution in [0.1, 0.15) is 39.5 Å². The summed E-state index contributed by atoms with van der Waals surface area (Å²) in [5.41, 5.74) is -0.743. The number of carbonyl (C=O) groups excluding carboxylic acids is 2. The molecule has 6 heteroatoms. The van der Waals surface area contributed by atoms with E-state index in [0.717, 1.165) is 12.8 Å². The number of morpholine rings is 1. The molecule has 2 fully saturated rings. The lowest BCUT2D eigenvalue weighted by Crippen LogP contribution is -2.62. The Labute approximate surface area is 119 Å². The summed E-state index contributed by atoms with van der Waals surface area (Å²) >= 11 is 0. The van der Waals surface area contributed by atoms with Crippen molar-refractivity contribution in [1.82, 2.24) is 10.2 Å². The number of likely N-dealkylation sites (tertiary alicyclic amines) is 1. The number of ether oxygens (including phenoxy) is 2. The van der Waals surface area contributed by atoms with Crippen LogP contribution in [0.2, 0.25) is 0 Å². The Kier molecular flexibility index (Phi) is 4.86. The smallest absolute Gasteiger partial charge is 0.409 e. The average molecular weight is 284 g/mol. The first kappa shape index (κ1) is 15.1. The van der Waals surface area contributed by atoms with E-state index in [-0.39, 0.29) is 18.0 Å². The summed E-state index contributed by atoms with van der Waals surface area (Å²) in [7, 11) is 0. The number of nitrogens with one attached hydrogen (secondary N) is 1. The minimum absolute atomic E-state index is 0.0461. The molecule has 1 spiro atoms. The molecule has 6 nitrogen and oxygen atoms in total. The highest BCUT2D eigenvalue weighted by molar-refractivity contribution is 5.86. The Morgan fingerprint density at radius 3 is 2.80 bits per heavy atom. The maximum absolute atomic E-state index is 12.1. The first-order valence-corrected chi connectivity index (χ1v) is 7.44. The number of hydrogen-bond donors (Lipinski definition) is 1. The number of rotatable bonds is 3. The summed E-state index contributed by atoms with van der Waals surface area (Å²) in [6.07, 6.45) is 2.68. The van der Waals surface area contributed by atoms with Crippen LogP contribution in [-0.4, -0.2) is 54.8 Å². The third kappa shape index (κ3) is 3.23. The van der Waals surface area contributed by atoms with Gasteiger partial charge in [0.25, 0.3) is 5.91 Å². The molecule has 1 N–H and O–H groups in total. The topological polar surface area (TPSA) is 67.9 Å². The molecule has 2 heterocycles. The summed E-state index contributed by atoms with van der Waals surface area (Å²) in [6, 6.07) is 0.0603. The standard InChI is InChI=1S/C14H24N2O4/c1-3-4-9-19-13(18)16-7-5-14(6-8-16)12(17)15-11(2)10-20-14/h11H,3-10H2,1-2H3,(H,15,17). The molecule has 2 saturated heterocycles. The maximum atomic E-state index is 12.1. The van der Waals surface area contributed by atoms with Crippen LogP contribution in [0.4, 0.5) is 4.79 Å². The van der Waals surface area contributed by atoms with E-state index < -0.39 is 5.60 Å². The second-order valence-electron chi connectivity index (χ2n) is 5.63. The van der Waals surface area contributed by atoms with Crippen LogP contribution in [-0.2, 0) is 14.3 Å². The summed E-state index contributed by atoms with van der Waals surface area (Å²) in [5.74, 6) is -0.0461. The Morgan fingerprint density at radius 2 is 2.20 bits per heavy atom. The molecule has 0 aromatic rings. The summed E-state index contributed by atoms with van der Waals surface area (Å²) < 4.78 is 11.0. The van der Waals surface area contributed by atoms with Crippen LogP contribution >= 0.6 is 0 Å². The van der Waals surface area contributed by atoms with E-state index in [1.54, 1.807) is 4.90 Å². The predicted octanol–water partition coefficient (Wildman–Crippen LogP) is 1.29. The summed E-state index contributed by atoms with van der Waals surface area (Å²) in [5, 5.41) is 2.93. The van der Waals surface area contributed by atoms with Gasteiger partial charge < -0.3 is 19.7 Å². The molecule has 0 aliphatic carbocycles. The van der Waals surface area contributed by atoms with Crippen LogP contribution < -0.4 is 5.32 Å². The van der Waals surface area contributed by atoms with Crippen molar-refractivity contribution in [2.75, 3.05) is 26.3 Å². The van der Waals surface area contributed by atoms with Crippen molar-refractivity contribution < 1.29 is 19.1 Å². The number of nitrogens with zero attached hydrogens (tertiary/aromatic N) is 1. The SMILES string of the molecule is CCCCOC(=O)N1CCC2(CC1)OCC(C)NC2=O. The van der Waals surface area contributed by atoms with Gasteiger partial charge in [0.2, 0.25) is 0 Å². The molecule has 0 saturated carbocycles. The van der Waals surface area contributed by atoms with Crippen molar-refractivity contribution in [3.63, 3.8) is 0 Å². The van der Waals surface area contributed by atoms with Crippen molar-refractivity contribution in [1.29, 1.82) is 0 Å². The molecule has 0 bridgehead atoms. The van der Waals surface area contributed by atoms with Gasteiger partial charge in [-0.3, -0.25) is 4.79 Å². The fourth-order valence-corrected chi connectivity index (χ4v) is 2.56. The largest absolute Gasteiger partial charge is 0.449 e. The van der Waals surface area contributed by atoms with Gasteiger partial charge in [-0.05, 0) is 13.3 Å². The Bertz CT molecular complexity index is 364. The molecule has 2 rings (SSSR count). The third-order valence-electron chi connectivity index (χ3n) is 3.95. The van der Waals surface area contributed by atoms with Gasteiger partial charge in [-0.25, -0.2) is 4.79 Å². The van der Waals surface area contributed by atoms with Crippen LogP contribution in [0.15, 0.2) is 0 Å². The number of amides is 2. The van der Waals surface area contributed by atoms with E-state index in [1.807, 2.05) is 6.92 Å². The zero-order chi connectivity index (χ0) is 14.6. The molecule has 1 unspecified atom stereocenters. The molecule has 0 radical (unpaired) electrons. The lowest BCUT2D eigenvalue weighted by Gasteiger charge is -2.43. The van der Waals surface area contributed by atoms with Gasteiger partial charge in [-0.1, -0.05) is 13.3 Å². The van der Waals surface area contributed by atoms with Crippen molar-refractivity contribution in [2.24, 2.45) is 0 Å². The highest BCUT2D eigenvalue weighted by Crippen LogP contribution is 2.29. The van der Waals surface area contributed by atoms with Gasteiger partial charge in [0.05, 0.1) is 13.2 Å². The molecule has 2 aliphatic heterocycles. The van der Waals surface area contributed by atoms with Gasteiger partial charge >= 0.3 is 6.09 Å². The van der Waals surface area contributed by atoms with Crippen LogP contribution in [0.3, 0.4) is 0 Å². The number of unbranched alkanes of at least 4 members (excludes halogenated alkanes) is 1. The molecule has 2 amide bonds. The van der Waals surface area contributed by atoms with Crippen molar-refractivity contribution >= 4 is 12.0 Å². The van der Waals surface area contributed by atoms with Gasteiger partial charge in [0.1, 0.15) is 5.60 Å². The van der Waals surface area contributed by atoms with Crippen LogP contribution in [0.25, 0.3) is 0 Å². The zero-order valence-corrected chi connectivity index (χ0v) is 12.3. The van der Waals surface area contributed by atoms with E-state index in [0.29, 0.717) is 39.1 Å². The highest BCUT2D eigenvalue weighted by atomic mass is 16.6. The molecule has 0 aromatic carbocycles. The van der Waals surface area contributed by atoms with Gasteiger partial charge in [-0.15, -0.1) is 0 Å². The lowest BCUT2D eigenvalue weighted by atomic mass is 9.88. The fraction of sp³-hybridized carbons (Fsp3) is 0.857. The monoisotopic (exact) mass is 284 g/mol. The average Bonchev–Trinajstić information content (AvgIpc) is 2.44. The summed E-state index contributed by atoms with van der Waals surface area (Å²) in [4.78, 5) is 25.6. The molecule has 2 aliphatic rings. The predicted molar refractivity (Wildman–Crippen MR) is 73.4 cm³/mol. The van der Waals surface area contributed by atoms with E-state index in [1.165, 1.54) is 0 Å². The first-order valence-electron chi connectivity index (χ1n) is 7.44. The Morgan fingerprint density at radius 1 is 1.50 bits per heavy atom. The molecule has 114 valence electrons. The highest BCUT2D eigenvalue weighted by Gasteiger charge is 2.46. The molecule has 1 atom stereocenters. The summed E-state index contributed by atoms with van der Waals surface area (Å²) in [6.45, 7) is 5.99. The Balaban J connectivity index is 1.82. The number of hydrogen-bond acceptors (Lipinski definition) is 4.